The molecular formula is C16H12O3. The van der Waals surface area contributed by atoms with Crippen molar-refractivity contribution in [3.63, 3.8) is 0 Å². The van der Waals surface area contributed by atoms with E-state index in [0.717, 1.165) is 5.39 Å². The molecule has 0 spiro atoms. The molecule has 3 nitrogen and oxygen atoms in total. The number of phenols is 3. The fourth-order valence-corrected chi connectivity index (χ4v) is 2.21. The molecule has 3 N–H and O–H groups in total. The van der Waals surface area contributed by atoms with Crippen LogP contribution in [0.5, 0.6) is 17.2 Å². The molecule has 0 aliphatic heterocycles. The van der Waals surface area contributed by atoms with Gasteiger partial charge in [0.2, 0.25) is 0 Å². The number of aromatic hydroxyl groups is 3. The van der Waals surface area contributed by atoms with E-state index in [0.29, 0.717) is 16.5 Å². The van der Waals surface area contributed by atoms with Gasteiger partial charge in [0, 0.05) is 16.5 Å². The van der Waals surface area contributed by atoms with Gasteiger partial charge in [-0.15, -0.1) is 0 Å². The number of benzene rings is 3. The molecule has 0 atom stereocenters. The average Bonchev–Trinajstić information content (AvgIpc) is 2.43. The van der Waals surface area contributed by atoms with Crippen LogP contribution < -0.4 is 0 Å². The van der Waals surface area contributed by atoms with Gasteiger partial charge in [0.05, 0.1) is 0 Å². The monoisotopic (exact) mass is 252 g/mol. The third kappa shape index (κ3) is 1.85. The van der Waals surface area contributed by atoms with E-state index in [1.165, 1.54) is 18.2 Å². The van der Waals surface area contributed by atoms with E-state index in [-0.39, 0.29) is 17.2 Å². The van der Waals surface area contributed by atoms with Crippen molar-refractivity contribution < 1.29 is 15.3 Å². The lowest BCUT2D eigenvalue weighted by Crippen LogP contribution is -1.83. The van der Waals surface area contributed by atoms with Crippen molar-refractivity contribution >= 4 is 10.8 Å². The Morgan fingerprint density at radius 1 is 0.684 bits per heavy atom. The van der Waals surface area contributed by atoms with Gasteiger partial charge in [0.25, 0.3) is 0 Å². The predicted molar refractivity (Wildman–Crippen MR) is 74.4 cm³/mol. The van der Waals surface area contributed by atoms with E-state index in [1.54, 1.807) is 6.07 Å². The van der Waals surface area contributed by atoms with Gasteiger partial charge in [-0.1, -0.05) is 30.3 Å². The minimum Gasteiger partial charge on any atom is -0.508 e. The summed E-state index contributed by atoms with van der Waals surface area (Å²) in [5, 5.41) is 31.3. The topological polar surface area (TPSA) is 60.7 Å². The van der Waals surface area contributed by atoms with Gasteiger partial charge in [0.1, 0.15) is 17.2 Å². The Labute approximate surface area is 110 Å². The van der Waals surface area contributed by atoms with Crippen molar-refractivity contribution in [3.8, 4) is 28.4 Å². The lowest BCUT2D eigenvalue weighted by atomic mass is 9.99. The zero-order valence-electron chi connectivity index (χ0n) is 10.0. The molecule has 0 saturated carbocycles. The van der Waals surface area contributed by atoms with E-state index in [9.17, 15) is 15.3 Å². The van der Waals surface area contributed by atoms with Crippen molar-refractivity contribution in [2.75, 3.05) is 0 Å². The summed E-state index contributed by atoms with van der Waals surface area (Å²) in [7, 11) is 0. The maximum Gasteiger partial charge on any atom is 0.131 e. The van der Waals surface area contributed by atoms with Gasteiger partial charge in [-0.25, -0.2) is 0 Å². The van der Waals surface area contributed by atoms with Gasteiger partial charge in [-0.2, -0.15) is 0 Å². The van der Waals surface area contributed by atoms with Crippen LogP contribution in [0.25, 0.3) is 21.9 Å². The molecule has 19 heavy (non-hydrogen) atoms. The van der Waals surface area contributed by atoms with Crippen LogP contribution in [0.4, 0.5) is 0 Å². The van der Waals surface area contributed by atoms with Gasteiger partial charge in [-0.05, 0) is 29.7 Å². The molecule has 3 aromatic carbocycles. The zero-order valence-corrected chi connectivity index (χ0v) is 10.0. The van der Waals surface area contributed by atoms with Crippen molar-refractivity contribution in [2.45, 2.75) is 0 Å². The number of phenolic OH excluding ortho intramolecular Hbond substituents is 3. The lowest BCUT2D eigenvalue weighted by molar-refractivity contribution is 0.460. The minimum absolute atomic E-state index is 0.0170. The van der Waals surface area contributed by atoms with Crippen LogP contribution in [0.15, 0.2) is 54.6 Å². The summed E-state index contributed by atoms with van der Waals surface area (Å²) >= 11 is 0. The Kier molecular flexibility index (Phi) is 2.53. The molecule has 0 aliphatic rings. The summed E-state index contributed by atoms with van der Waals surface area (Å²) in [6.45, 7) is 0. The summed E-state index contributed by atoms with van der Waals surface area (Å²) in [6.07, 6.45) is 0. The Balaban J connectivity index is 2.31. The lowest BCUT2D eigenvalue weighted by Gasteiger charge is -2.10. The highest BCUT2D eigenvalue weighted by molar-refractivity contribution is 5.95. The van der Waals surface area contributed by atoms with Crippen molar-refractivity contribution in [1.82, 2.24) is 0 Å². The standard InChI is InChI=1S/C16H12O3/c17-11-6-8-15(18)14(9-11)13-7-5-10-3-1-2-4-12(10)16(13)19/h1-9,17-19H. The molecule has 3 heteroatoms. The molecule has 0 heterocycles. The Morgan fingerprint density at radius 3 is 2.32 bits per heavy atom. The second-order valence-electron chi connectivity index (χ2n) is 4.38. The summed E-state index contributed by atoms with van der Waals surface area (Å²) in [4.78, 5) is 0. The highest BCUT2D eigenvalue weighted by Crippen LogP contribution is 2.40. The molecule has 0 amide bonds. The van der Waals surface area contributed by atoms with Gasteiger partial charge in [0.15, 0.2) is 0 Å². The van der Waals surface area contributed by atoms with E-state index < -0.39 is 0 Å². The van der Waals surface area contributed by atoms with E-state index in [4.69, 9.17) is 0 Å². The normalized spacial score (nSPS) is 10.7. The highest BCUT2D eigenvalue weighted by atomic mass is 16.3. The van der Waals surface area contributed by atoms with Crippen molar-refractivity contribution in [1.29, 1.82) is 0 Å². The predicted octanol–water partition coefficient (Wildman–Crippen LogP) is 3.62. The number of hydrogen-bond acceptors (Lipinski definition) is 3. The van der Waals surface area contributed by atoms with E-state index in [2.05, 4.69) is 0 Å². The smallest absolute Gasteiger partial charge is 0.131 e. The number of rotatable bonds is 1. The third-order valence-electron chi connectivity index (χ3n) is 3.17. The SMILES string of the molecule is Oc1ccc(O)c(-c2ccc3ccccc3c2O)c1. The fourth-order valence-electron chi connectivity index (χ4n) is 2.21. The molecule has 0 aliphatic carbocycles. The third-order valence-corrected chi connectivity index (χ3v) is 3.17. The molecule has 3 rings (SSSR count). The van der Waals surface area contributed by atoms with Gasteiger partial charge in [-0.3, -0.25) is 0 Å². The van der Waals surface area contributed by atoms with E-state index >= 15 is 0 Å². The van der Waals surface area contributed by atoms with Crippen LogP contribution >= 0.6 is 0 Å². The van der Waals surface area contributed by atoms with Crippen LogP contribution in [0.3, 0.4) is 0 Å². The summed E-state index contributed by atoms with van der Waals surface area (Å²) in [5.74, 6) is 0.155. The maximum absolute atomic E-state index is 10.3. The van der Waals surface area contributed by atoms with Crippen LogP contribution in [0.2, 0.25) is 0 Å². The molecule has 0 saturated heterocycles. The van der Waals surface area contributed by atoms with Gasteiger partial charge >= 0.3 is 0 Å². The molecule has 3 aromatic rings. The molecule has 94 valence electrons. The number of hydrogen-bond donors (Lipinski definition) is 3. The fraction of sp³-hybridized carbons (Fsp3) is 0. The second-order valence-corrected chi connectivity index (χ2v) is 4.38. The van der Waals surface area contributed by atoms with E-state index in [1.807, 2.05) is 30.3 Å². The first-order valence-electron chi connectivity index (χ1n) is 5.90. The van der Waals surface area contributed by atoms with Crippen molar-refractivity contribution in [2.24, 2.45) is 0 Å². The summed E-state index contributed by atoms with van der Waals surface area (Å²) in [5.41, 5.74) is 0.898. The molecular weight excluding hydrogens is 240 g/mol. The first-order valence-corrected chi connectivity index (χ1v) is 5.90. The average molecular weight is 252 g/mol. The van der Waals surface area contributed by atoms with Crippen LogP contribution in [-0.2, 0) is 0 Å². The first-order chi connectivity index (χ1) is 9.16. The molecule has 0 bridgehead atoms. The summed E-state index contributed by atoms with van der Waals surface area (Å²) < 4.78 is 0. The molecule has 0 aromatic heterocycles. The molecule has 0 unspecified atom stereocenters. The van der Waals surface area contributed by atoms with Crippen LogP contribution in [0.1, 0.15) is 0 Å². The zero-order chi connectivity index (χ0) is 13.4. The Morgan fingerprint density at radius 2 is 1.47 bits per heavy atom. The quantitative estimate of drug-likeness (QED) is 0.580. The molecule has 0 radical (unpaired) electrons. The summed E-state index contributed by atoms with van der Waals surface area (Å²) in [6, 6.07) is 15.3. The Bertz CT molecular complexity index is 763. The number of fused-ring (bicyclic) bond motifs is 1. The maximum atomic E-state index is 10.3. The molecule has 0 fully saturated rings. The van der Waals surface area contributed by atoms with Crippen LogP contribution in [-0.4, -0.2) is 15.3 Å². The largest absolute Gasteiger partial charge is 0.508 e. The minimum atomic E-state index is 0.0170. The Hall–Kier alpha value is -2.68. The van der Waals surface area contributed by atoms with Crippen molar-refractivity contribution in [3.05, 3.63) is 54.6 Å². The van der Waals surface area contributed by atoms with Crippen LogP contribution in [0, 0.1) is 0 Å². The highest BCUT2D eigenvalue weighted by Gasteiger charge is 2.12. The second kappa shape index (κ2) is 4.21. The first kappa shape index (κ1) is 11.4. The van der Waals surface area contributed by atoms with Gasteiger partial charge < -0.3 is 15.3 Å².